The van der Waals surface area contributed by atoms with Crippen molar-refractivity contribution >= 4 is 17.5 Å². The molecule has 1 aromatic rings. The summed E-state index contributed by atoms with van der Waals surface area (Å²) in [4.78, 5) is 11.8. The molecule has 3 N–H and O–H groups in total. The van der Waals surface area contributed by atoms with Crippen LogP contribution in [0.1, 0.15) is 36.0 Å². The molecule has 0 atom stereocenters. The normalized spacial score (nSPS) is 14.8. The van der Waals surface area contributed by atoms with Crippen LogP contribution in [0.15, 0.2) is 30.0 Å². The van der Waals surface area contributed by atoms with E-state index >= 15 is 0 Å². The zero-order valence-corrected chi connectivity index (χ0v) is 10.6. The monoisotopic (exact) mass is 266 g/mol. The number of hydrazine groups is 1. The van der Waals surface area contributed by atoms with Gasteiger partial charge in [-0.1, -0.05) is 17.7 Å². The summed E-state index contributed by atoms with van der Waals surface area (Å²) in [5.74, 6) is -0.505. The van der Waals surface area contributed by atoms with E-state index in [1.54, 1.807) is 6.07 Å². The van der Waals surface area contributed by atoms with E-state index in [1.807, 2.05) is 0 Å². The Morgan fingerprint density at radius 1 is 1.33 bits per heavy atom. The van der Waals surface area contributed by atoms with Crippen LogP contribution in [0.5, 0.6) is 5.75 Å². The Kier molecular flexibility index (Phi) is 4.10. The third kappa shape index (κ3) is 3.17. The summed E-state index contributed by atoms with van der Waals surface area (Å²) in [6.07, 6.45) is 6.36. The highest BCUT2D eigenvalue weighted by Crippen LogP contribution is 2.21. The molecule has 1 aromatic carbocycles. The molecule has 0 bridgehead atoms. The van der Waals surface area contributed by atoms with Crippen LogP contribution in [0, 0.1) is 0 Å². The standard InChI is InChI=1S/C13H15ClN2O2/c14-9-6-7-11(12(17)8-9)13(18)16-15-10-4-2-1-3-5-10/h4,6-8,15,17H,1-3,5H2,(H,16,18). The first-order valence-electron chi connectivity index (χ1n) is 5.91. The van der Waals surface area contributed by atoms with Crippen LogP contribution in [0.3, 0.4) is 0 Å². The van der Waals surface area contributed by atoms with Gasteiger partial charge in [0.15, 0.2) is 0 Å². The van der Waals surface area contributed by atoms with Gasteiger partial charge in [-0.2, -0.15) is 0 Å². The number of rotatable bonds is 3. The molecule has 0 heterocycles. The number of phenols is 1. The van der Waals surface area contributed by atoms with Crippen molar-refractivity contribution in [3.05, 3.63) is 40.6 Å². The summed E-state index contributed by atoms with van der Waals surface area (Å²) in [5.41, 5.74) is 6.66. The fourth-order valence-corrected chi connectivity index (χ4v) is 2.02. The van der Waals surface area contributed by atoms with Crippen LogP contribution in [0.2, 0.25) is 5.02 Å². The van der Waals surface area contributed by atoms with Crippen molar-refractivity contribution in [2.75, 3.05) is 0 Å². The van der Waals surface area contributed by atoms with Crippen molar-refractivity contribution in [1.29, 1.82) is 0 Å². The number of hydrogen-bond donors (Lipinski definition) is 3. The maximum Gasteiger partial charge on any atom is 0.273 e. The van der Waals surface area contributed by atoms with E-state index < -0.39 is 0 Å². The predicted molar refractivity (Wildman–Crippen MR) is 70.3 cm³/mol. The van der Waals surface area contributed by atoms with Gasteiger partial charge >= 0.3 is 0 Å². The quantitative estimate of drug-likeness (QED) is 0.737. The topological polar surface area (TPSA) is 61.4 Å². The van der Waals surface area contributed by atoms with Crippen molar-refractivity contribution in [2.24, 2.45) is 0 Å². The molecule has 1 aliphatic rings. The van der Waals surface area contributed by atoms with Gasteiger partial charge in [-0.3, -0.25) is 10.2 Å². The molecule has 0 saturated heterocycles. The molecular formula is C13H15ClN2O2. The number of carbonyl (C=O) groups is 1. The van der Waals surface area contributed by atoms with Crippen molar-refractivity contribution < 1.29 is 9.90 Å². The number of benzene rings is 1. The molecule has 0 fully saturated rings. The first-order chi connectivity index (χ1) is 8.66. The summed E-state index contributed by atoms with van der Waals surface area (Å²) in [6, 6.07) is 4.40. The lowest BCUT2D eigenvalue weighted by atomic mass is 10.1. The Hall–Kier alpha value is -1.68. The van der Waals surface area contributed by atoms with Gasteiger partial charge in [-0.25, -0.2) is 0 Å². The van der Waals surface area contributed by atoms with E-state index in [0.717, 1.165) is 25.0 Å². The predicted octanol–water partition coefficient (Wildman–Crippen LogP) is 2.74. The lowest BCUT2D eigenvalue weighted by Gasteiger charge is -2.15. The van der Waals surface area contributed by atoms with E-state index in [-0.39, 0.29) is 17.2 Å². The second-order valence-electron chi connectivity index (χ2n) is 4.22. The third-order valence-electron chi connectivity index (χ3n) is 2.83. The van der Waals surface area contributed by atoms with Gasteiger partial charge in [0.25, 0.3) is 5.91 Å². The highest BCUT2D eigenvalue weighted by molar-refractivity contribution is 6.30. The molecule has 0 unspecified atom stereocenters. The minimum absolute atomic E-state index is 0.126. The highest BCUT2D eigenvalue weighted by atomic mass is 35.5. The van der Waals surface area contributed by atoms with Gasteiger partial charge in [0, 0.05) is 10.7 Å². The summed E-state index contributed by atoms with van der Waals surface area (Å²) < 4.78 is 0. The fraction of sp³-hybridized carbons (Fsp3) is 0.308. The largest absolute Gasteiger partial charge is 0.507 e. The van der Waals surface area contributed by atoms with E-state index in [1.165, 1.54) is 18.6 Å². The second-order valence-corrected chi connectivity index (χ2v) is 4.65. The Morgan fingerprint density at radius 3 is 2.83 bits per heavy atom. The minimum atomic E-state index is -0.379. The number of phenolic OH excluding ortho intramolecular Hbond substituents is 1. The first kappa shape index (κ1) is 12.8. The van der Waals surface area contributed by atoms with Crippen LogP contribution < -0.4 is 10.9 Å². The lowest BCUT2D eigenvalue weighted by Crippen LogP contribution is -2.37. The molecule has 1 aliphatic carbocycles. The number of hydrogen-bond acceptors (Lipinski definition) is 3. The summed E-state index contributed by atoms with van der Waals surface area (Å²) in [7, 11) is 0. The Balaban J connectivity index is 1.97. The molecular weight excluding hydrogens is 252 g/mol. The second kappa shape index (κ2) is 5.78. The number of halogens is 1. The minimum Gasteiger partial charge on any atom is -0.507 e. The average Bonchev–Trinajstić information content (AvgIpc) is 2.37. The van der Waals surface area contributed by atoms with E-state index in [9.17, 15) is 9.90 Å². The number of allylic oxidation sites excluding steroid dienone is 2. The van der Waals surface area contributed by atoms with E-state index in [4.69, 9.17) is 11.6 Å². The van der Waals surface area contributed by atoms with E-state index in [2.05, 4.69) is 16.9 Å². The SMILES string of the molecule is O=C(NNC1=CCCCC1)c1ccc(Cl)cc1O. The number of aromatic hydroxyl groups is 1. The summed E-state index contributed by atoms with van der Waals surface area (Å²) in [6.45, 7) is 0. The molecule has 1 amide bonds. The molecule has 0 spiro atoms. The van der Waals surface area contributed by atoms with Crippen molar-refractivity contribution in [1.82, 2.24) is 10.9 Å². The van der Waals surface area contributed by atoms with E-state index in [0.29, 0.717) is 5.02 Å². The molecule has 0 aromatic heterocycles. The molecule has 18 heavy (non-hydrogen) atoms. The van der Waals surface area contributed by atoms with Gasteiger partial charge in [0.2, 0.25) is 0 Å². The zero-order valence-electron chi connectivity index (χ0n) is 9.87. The zero-order chi connectivity index (χ0) is 13.0. The Morgan fingerprint density at radius 2 is 2.17 bits per heavy atom. The van der Waals surface area contributed by atoms with Gasteiger partial charge in [-0.15, -0.1) is 0 Å². The maximum absolute atomic E-state index is 11.8. The first-order valence-corrected chi connectivity index (χ1v) is 6.28. The van der Waals surface area contributed by atoms with Crippen LogP contribution >= 0.6 is 11.6 Å². The number of amides is 1. The molecule has 5 heteroatoms. The van der Waals surface area contributed by atoms with Crippen molar-refractivity contribution in [3.63, 3.8) is 0 Å². The van der Waals surface area contributed by atoms with Crippen LogP contribution in [0.25, 0.3) is 0 Å². The summed E-state index contributed by atoms with van der Waals surface area (Å²) in [5, 5.41) is 10.0. The highest BCUT2D eigenvalue weighted by Gasteiger charge is 2.11. The fourth-order valence-electron chi connectivity index (χ4n) is 1.85. The maximum atomic E-state index is 11.8. The smallest absolute Gasteiger partial charge is 0.273 e. The Bertz CT molecular complexity index is 486. The molecule has 0 aliphatic heterocycles. The van der Waals surface area contributed by atoms with Crippen LogP contribution in [0.4, 0.5) is 0 Å². The van der Waals surface area contributed by atoms with Gasteiger partial charge in [-0.05, 0) is 43.9 Å². The lowest BCUT2D eigenvalue weighted by molar-refractivity contribution is 0.0935. The molecule has 0 saturated carbocycles. The molecule has 2 rings (SSSR count). The van der Waals surface area contributed by atoms with Crippen LogP contribution in [-0.4, -0.2) is 11.0 Å². The van der Waals surface area contributed by atoms with Crippen molar-refractivity contribution in [3.8, 4) is 5.75 Å². The Labute approximate surface area is 111 Å². The number of carbonyl (C=O) groups excluding carboxylic acids is 1. The third-order valence-corrected chi connectivity index (χ3v) is 3.07. The van der Waals surface area contributed by atoms with Crippen LogP contribution in [-0.2, 0) is 0 Å². The summed E-state index contributed by atoms with van der Waals surface area (Å²) >= 11 is 5.70. The van der Waals surface area contributed by atoms with Gasteiger partial charge < -0.3 is 10.5 Å². The van der Waals surface area contributed by atoms with Crippen molar-refractivity contribution in [2.45, 2.75) is 25.7 Å². The molecule has 96 valence electrons. The van der Waals surface area contributed by atoms with Gasteiger partial charge in [0.05, 0.1) is 5.56 Å². The number of nitrogens with one attached hydrogen (secondary N) is 2. The average molecular weight is 267 g/mol. The molecule has 0 radical (unpaired) electrons. The van der Waals surface area contributed by atoms with Gasteiger partial charge in [0.1, 0.15) is 5.75 Å². The molecule has 4 nitrogen and oxygen atoms in total.